The first-order valence-electron chi connectivity index (χ1n) is 14.5. The number of halogens is 2. The van der Waals surface area contributed by atoms with E-state index >= 15 is 4.39 Å². The van der Waals surface area contributed by atoms with Gasteiger partial charge in [-0.3, -0.25) is 15.4 Å². The summed E-state index contributed by atoms with van der Waals surface area (Å²) < 4.78 is 34.8. The van der Waals surface area contributed by atoms with Crippen LogP contribution in [-0.2, 0) is 10.3 Å². The van der Waals surface area contributed by atoms with Crippen molar-refractivity contribution >= 4 is 18.0 Å². The topological polar surface area (TPSA) is 156 Å². The molecule has 2 amide bonds. The molecular weight excluding hydrogens is 562 g/mol. The summed E-state index contributed by atoms with van der Waals surface area (Å²) in [6.45, 7) is 6.52. The van der Waals surface area contributed by atoms with Crippen LogP contribution in [0.15, 0.2) is 30.6 Å². The highest BCUT2D eigenvalue weighted by atomic mass is 19.1. The monoisotopic (exact) mass is 600 g/mol. The minimum atomic E-state index is -1.40. The Morgan fingerprint density at radius 1 is 1.14 bits per heavy atom. The van der Waals surface area contributed by atoms with Gasteiger partial charge in [-0.2, -0.15) is 0 Å². The van der Waals surface area contributed by atoms with Gasteiger partial charge in [-0.25, -0.2) is 29.0 Å². The molecular formula is C29H38F2N8O4. The molecule has 5 rings (SSSR count). The fraction of sp³-hybridized carbons (Fsp3) is 0.552. The zero-order valence-corrected chi connectivity index (χ0v) is 24.5. The van der Waals surface area contributed by atoms with Crippen molar-refractivity contribution in [2.45, 2.75) is 75.6 Å². The lowest BCUT2D eigenvalue weighted by Gasteiger charge is -2.39. The Kier molecular flexibility index (Phi) is 8.52. The van der Waals surface area contributed by atoms with Crippen molar-refractivity contribution in [3.63, 3.8) is 0 Å². The van der Waals surface area contributed by atoms with E-state index in [0.717, 1.165) is 31.0 Å². The van der Waals surface area contributed by atoms with Gasteiger partial charge in [-0.05, 0) is 70.2 Å². The maximum absolute atomic E-state index is 15.0. The van der Waals surface area contributed by atoms with Crippen LogP contribution in [0, 0.1) is 17.0 Å². The van der Waals surface area contributed by atoms with Crippen molar-refractivity contribution < 1.29 is 28.3 Å². The van der Waals surface area contributed by atoms with Gasteiger partial charge in [0.2, 0.25) is 5.96 Å². The Morgan fingerprint density at radius 2 is 1.79 bits per heavy atom. The zero-order valence-electron chi connectivity index (χ0n) is 24.5. The summed E-state index contributed by atoms with van der Waals surface area (Å²) in [5, 5.41) is 22.9. The quantitative estimate of drug-likeness (QED) is 0.191. The third kappa shape index (κ3) is 6.54. The highest BCUT2D eigenvalue weighted by Gasteiger charge is 2.50. The van der Waals surface area contributed by atoms with Crippen LogP contribution in [0.2, 0.25) is 0 Å². The van der Waals surface area contributed by atoms with Crippen LogP contribution >= 0.6 is 0 Å². The fourth-order valence-electron chi connectivity index (χ4n) is 6.01. The molecule has 5 N–H and O–H groups in total. The maximum atomic E-state index is 15.0. The van der Waals surface area contributed by atoms with E-state index in [-0.39, 0.29) is 54.0 Å². The maximum Gasteiger partial charge on any atom is 0.408 e. The number of guanidine groups is 1. The van der Waals surface area contributed by atoms with Crippen LogP contribution in [0.25, 0.3) is 0 Å². The highest BCUT2D eigenvalue weighted by Crippen LogP contribution is 2.40. The number of carbonyl (C=O) groups is 2. The van der Waals surface area contributed by atoms with Gasteiger partial charge in [0.15, 0.2) is 5.82 Å². The van der Waals surface area contributed by atoms with Crippen LogP contribution in [-0.4, -0.2) is 86.8 Å². The van der Waals surface area contributed by atoms with Gasteiger partial charge in [0.05, 0.1) is 5.56 Å². The summed E-state index contributed by atoms with van der Waals surface area (Å²) >= 11 is 0. The number of piperidine rings is 1. The van der Waals surface area contributed by atoms with E-state index in [1.807, 2.05) is 10.4 Å². The summed E-state index contributed by atoms with van der Waals surface area (Å²) in [5.74, 6) is -2.18. The Labute approximate surface area is 248 Å². The summed E-state index contributed by atoms with van der Waals surface area (Å²) in [6.07, 6.45) is 5.13. The van der Waals surface area contributed by atoms with Crippen molar-refractivity contribution in [1.29, 1.82) is 5.41 Å². The fourth-order valence-corrected chi connectivity index (χ4v) is 6.01. The molecule has 2 atom stereocenters. The SMILES string of the molecule is CC(C)(C)OC(=O)N[C@@]1(c2ncc(C(=O)N(C3CC3)C3CCN(C(=N)NO)CC3)cn2)CNC[C@@H]1c1cc(F)ccc1F. The lowest BCUT2D eigenvalue weighted by Crippen LogP contribution is -2.53. The molecule has 2 aliphatic heterocycles. The van der Waals surface area contributed by atoms with E-state index in [2.05, 4.69) is 20.6 Å². The van der Waals surface area contributed by atoms with Gasteiger partial charge >= 0.3 is 6.09 Å². The third-order valence-corrected chi connectivity index (χ3v) is 8.16. The molecule has 0 radical (unpaired) electrons. The van der Waals surface area contributed by atoms with Crippen LogP contribution in [0.4, 0.5) is 13.6 Å². The van der Waals surface area contributed by atoms with E-state index in [0.29, 0.717) is 25.9 Å². The van der Waals surface area contributed by atoms with Gasteiger partial charge in [0, 0.05) is 56.6 Å². The smallest absolute Gasteiger partial charge is 0.408 e. The average Bonchev–Trinajstić information content (AvgIpc) is 3.72. The van der Waals surface area contributed by atoms with Gasteiger partial charge in [-0.1, -0.05) is 0 Å². The molecule has 2 saturated heterocycles. The van der Waals surface area contributed by atoms with Gasteiger partial charge < -0.3 is 25.2 Å². The molecule has 14 heteroatoms. The summed E-state index contributed by atoms with van der Waals surface area (Å²) in [5.41, 5.74) is -0.0112. The van der Waals surface area contributed by atoms with Crippen molar-refractivity contribution in [2.24, 2.45) is 0 Å². The number of hydrogen-bond acceptors (Lipinski definition) is 8. The second-order valence-corrected chi connectivity index (χ2v) is 12.4. The molecule has 3 fully saturated rings. The molecule has 2 aromatic rings. The molecule has 3 heterocycles. The number of rotatable bonds is 6. The number of hydrogen-bond donors (Lipinski definition) is 5. The lowest BCUT2D eigenvalue weighted by atomic mass is 9.80. The minimum absolute atomic E-state index is 0.0399. The lowest BCUT2D eigenvalue weighted by molar-refractivity contribution is 0.0442. The number of nitrogens with zero attached hydrogens (tertiary/aromatic N) is 4. The molecule has 3 aliphatic rings. The zero-order chi connectivity index (χ0) is 30.9. The number of amides is 2. The molecule has 1 saturated carbocycles. The van der Waals surface area contributed by atoms with E-state index < -0.39 is 34.8 Å². The minimum Gasteiger partial charge on any atom is -0.444 e. The van der Waals surface area contributed by atoms with E-state index in [9.17, 15) is 14.0 Å². The van der Waals surface area contributed by atoms with Crippen molar-refractivity contribution in [3.05, 3.63) is 59.2 Å². The normalized spacial score (nSPS) is 22.7. The number of carbonyl (C=O) groups excluding carboxylic acids is 2. The first kappa shape index (κ1) is 30.5. The molecule has 1 aliphatic carbocycles. The molecule has 0 spiro atoms. The predicted molar refractivity (Wildman–Crippen MR) is 151 cm³/mol. The Balaban J connectivity index is 1.43. The van der Waals surface area contributed by atoms with E-state index in [1.54, 1.807) is 25.7 Å². The van der Waals surface area contributed by atoms with Crippen LogP contribution < -0.4 is 16.1 Å². The second kappa shape index (κ2) is 12.0. The number of nitrogens with one attached hydrogen (secondary N) is 4. The number of aromatic nitrogens is 2. The van der Waals surface area contributed by atoms with Crippen molar-refractivity contribution in [2.75, 3.05) is 26.2 Å². The number of hydroxylamine groups is 1. The summed E-state index contributed by atoms with van der Waals surface area (Å²) in [4.78, 5) is 39.5. The predicted octanol–water partition coefficient (Wildman–Crippen LogP) is 2.84. The molecule has 0 unspecified atom stereocenters. The second-order valence-electron chi connectivity index (χ2n) is 12.4. The largest absolute Gasteiger partial charge is 0.444 e. The summed E-state index contributed by atoms with van der Waals surface area (Å²) in [7, 11) is 0. The van der Waals surface area contributed by atoms with Gasteiger partial charge in [0.1, 0.15) is 22.8 Å². The standard InChI is InChI=1S/C29H38F2N8O4/c1-28(2,3)43-27(41)36-29(16-33-15-22(29)21-12-18(30)4-7-23(21)31)25-34-13-17(14-35-25)24(40)39(19-5-6-19)20-8-10-38(11-9-20)26(32)37-42/h4,7,12-14,19-20,22,33,42H,5-6,8-11,15-16H2,1-3H3,(H2,32,37)(H,36,41)/t22-,29+/m1/s1. The molecule has 0 bridgehead atoms. The van der Waals surface area contributed by atoms with E-state index in [1.165, 1.54) is 12.4 Å². The van der Waals surface area contributed by atoms with Gasteiger partial charge in [0.25, 0.3) is 5.91 Å². The Morgan fingerprint density at radius 3 is 2.40 bits per heavy atom. The van der Waals surface area contributed by atoms with Crippen LogP contribution in [0.3, 0.4) is 0 Å². The Bertz CT molecular complexity index is 1360. The third-order valence-electron chi connectivity index (χ3n) is 8.16. The number of ether oxygens (including phenoxy) is 1. The number of benzene rings is 1. The first-order chi connectivity index (χ1) is 20.4. The molecule has 43 heavy (non-hydrogen) atoms. The number of likely N-dealkylation sites (tertiary alicyclic amines) is 1. The highest BCUT2D eigenvalue weighted by molar-refractivity contribution is 5.94. The molecule has 232 valence electrons. The van der Waals surface area contributed by atoms with Gasteiger partial charge in [-0.15, -0.1) is 0 Å². The van der Waals surface area contributed by atoms with Crippen LogP contribution in [0.1, 0.15) is 74.1 Å². The molecule has 12 nitrogen and oxygen atoms in total. The Hall–Kier alpha value is -3.91. The molecule has 1 aromatic heterocycles. The van der Waals surface area contributed by atoms with Crippen molar-refractivity contribution in [1.82, 2.24) is 35.9 Å². The van der Waals surface area contributed by atoms with Crippen molar-refractivity contribution in [3.8, 4) is 0 Å². The average molecular weight is 601 g/mol. The van der Waals surface area contributed by atoms with E-state index in [4.69, 9.17) is 15.4 Å². The van der Waals surface area contributed by atoms with Crippen LogP contribution in [0.5, 0.6) is 0 Å². The first-order valence-corrected chi connectivity index (χ1v) is 14.5. The summed E-state index contributed by atoms with van der Waals surface area (Å²) in [6, 6.07) is 3.25. The molecule has 1 aromatic carbocycles. The number of alkyl carbamates (subject to hydrolysis) is 1.